The third kappa shape index (κ3) is 2.44. The van der Waals surface area contributed by atoms with Crippen LogP contribution >= 0.6 is 27.3 Å². The monoisotopic (exact) mass is 344 g/mol. The molecule has 1 N–H and O–H groups in total. The van der Waals surface area contributed by atoms with E-state index in [0.29, 0.717) is 15.8 Å². The molecule has 1 aromatic rings. The Morgan fingerprint density at radius 1 is 1.53 bits per heavy atom. The van der Waals surface area contributed by atoms with Crippen molar-refractivity contribution in [2.45, 2.75) is 25.8 Å². The number of Topliss-reactive ketones (excluding diaryl/α,β-unsaturated/α-hetero) is 1. The molecule has 2 rings (SSSR count). The lowest BCUT2D eigenvalue weighted by atomic mass is 9.99. The molecule has 3 amide bonds. The Labute approximate surface area is 123 Å². The highest BCUT2D eigenvalue weighted by atomic mass is 79.9. The molecule has 102 valence electrons. The van der Waals surface area contributed by atoms with Crippen molar-refractivity contribution in [3.05, 3.63) is 20.8 Å². The topological polar surface area (TPSA) is 66.5 Å². The van der Waals surface area contributed by atoms with Crippen LogP contribution in [-0.2, 0) is 4.79 Å². The van der Waals surface area contributed by atoms with E-state index in [2.05, 4.69) is 21.2 Å². The predicted octanol–water partition coefficient (Wildman–Crippen LogP) is 2.41. The lowest BCUT2D eigenvalue weighted by Gasteiger charge is -2.18. The van der Waals surface area contributed by atoms with Gasteiger partial charge in [-0.15, -0.1) is 11.3 Å². The molecule has 1 atom stereocenters. The van der Waals surface area contributed by atoms with Crippen LogP contribution in [0, 0.1) is 0 Å². The molecule has 1 aliphatic heterocycles. The number of carbonyl (C=O) groups is 3. The number of amides is 3. The Balaban J connectivity index is 2.16. The van der Waals surface area contributed by atoms with Gasteiger partial charge in [-0.2, -0.15) is 0 Å². The number of nitrogens with one attached hydrogen (secondary N) is 1. The second kappa shape index (κ2) is 5.05. The van der Waals surface area contributed by atoms with E-state index < -0.39 is 11.6 Å². The van der Waals surface area contributed by atoms with E-state index in [1.165, 1.54) is 11.3 Å². The molecule has 0 spiro atoms. The molecule has 0 saturated carbocycles. The van der Waals surface area contributed by atoms with Crippen molar-refractivity contribution in [3.63, 3.8) is 0 Å². The minimum atomic E-state index is -0.899. The molecule has 1 aliphatic rings. The van der Waals surface area contributed by atoms with Crippen LogP contribution < -0.4 is 5.32 Å². The van der Waals surface area contributed by atoms with Gasteiger partial charge in [-0.25, -0.2) is 4.79 Å². The third-order valence-corrected chi connectivity index (χ3v) is 5.10. The molecule has 0 radical (unpaired) electrons. The summed E-state index contributed by atoms with van der Waals surface area (Å²) in [4.78, 5) is 37.5. The number of ketones is 1. The van der Waals surface area contributed by atoms with Gasteiger partial charge in [0, 0.05) is 4.47 Å². The molecule has 2 heterocycles. The lowest BCUT2D eigenvalue weighted by molar-refractivity contribution is -0.130. The number of rotatable bonds is 4. The maximum atomic E-state index is 12.1. The molecule has 19 heavy (non-hydrogen) atoms. The minimum Gasteiger partial charge on any atom is -0.323 e. The van der Waals surface area contributed by atoms with Crippen LogP contribution in [0.3, 0.4) is 0 Å². The molecular weight excluding hydrogens is 332 g/mol. The van der Waals surface area contributed by atoms with E-state index in [-0.39, 0.29) is 18.2 Å². The Hall–Kier alpha value is -1.21. The highest BCUT2D eigenvalue weighted by Gasteiger charge is 2.47. The summed E-state index contributed by atoms with van der Waals surface area (Å²) in [6.07, 6.45) is 0.491. The van der Waals surface area contributed by atoms with Crippen LogP contribution in [0.25, 0.3) is 0 Å². The molecule has 1 unspecified atom stereocenters. The number of urea groups is 1. The number of hydrogen-bond acceptors (Lipinski definition) is 4. The number of nitrogens with zero attached hydrogens (tertiary/aromatic N) is 1. The van der Waals surface area contributed by atoms with Gasteiger partial charge in [0.1, 0.15) is 5.54 Å². The summed E-state index contributed by atoms with van der Waals surface area (Å²) in [7, 11) is 0. The zero-order valence-electron chi connectivity index (χ0n) is 10.5. The first-order valence-electron chi connectivity index (χ1n) is 5.79. The van der Waals surface area contributed by atoms with Crippen LogP contribution in [0.15, 0.2) is 15.9 Å². The maximum absolute atomic E-state index is 12.1. The summed E-state index contributed by atoms with van der Waals surface area (Å²) in [6, 6.07) is 1.26. The molecule has 1 fully saturated rings. The summed E-state index contributed by atoms with van der Waals surface area (Å²) < 4.78 is 0.688. The summed E-state index contributed by atoms with van der Waals surface area (Å²) in [5, 5.41) is 4.40. The number of hydrogen-bond donors (Lipinski definition) is 1. The standard InChI is InChI=1S/C12H13BrN2O3S/c1-3-12(2)10(17)15(11(18)14-12)6-8(16)9-7(13)4-5-19-9/h4-5H,3,6H2,1-2H3,(H,14,18). The molecule has 1 saturated heterocycles. The second-order valence-electron chi connectivity index (χ2n) is 4.53. The molecule has 5 nitrogen and oxygen atoms in total. The Bertz CT molecular complexity index is 557. The van der Waals surface area contributed by atoms with Crippen LogP contribution in [0.5, 0.6) is 0 Å². The molecule has 1 aromatic heterocycles. The summed E-state index contributed by atoms with van der Waals surface area (Å²) >= 11 is 4.55. The van der Waals surface area contributed by atoms with Gasteiger partial charge in [0.15, 0.2) is 5.78 Å². The zero-order chi connectivity index (χ0) is 14.2. The molecule has 0 bridgehead atoms. The van der Waals surface area contributed by atoms with Gasteiger partial charge in [-0.3, -0.25) is 14.5 Å². The number of imide groups is 1. The largest absolute Gasteiger partial charge is 0.325 e. The maximum Gasteiger partial charge on any atom is 0.325 e. The summed E-state index contributed by atoms with van der Waals surface area (Å²) in [5.74, 6) is -0.591. The highest BCUT2D eigenvalue weighted by Crippen LogP contribution is 2.25. The normalized spacial score (nSPS) is 22.8. The fourth-order valence-electron chi connectivity index (χ4n) is 1.84. The third-order valence-electron chi connectivity index (χ3n) is 3.22. The van der Waals surface area contributed by atoms with Gasteiger partial charge in [0.2, 0.25) is 0 Å². The summed E-state index contributed by atoms with van der Waals surface area (Å²) in [5.41, 5.74) is -0.899. The Morgan fingerprint density at radius 3 is 2.68 bits per heavy atom. The average molecular weight is 345 g/mol. The van der Waals surface area contributed by atoms with E-state index in [1.807, 2.05) is 6.92 Å². The predicted molar refractivity (Wildman–Crippen MR) is 75.3 cm³/mol. The molecule has 7 heteroatoms. The van der Waals surface area contributed by atoms with Gasteiger partial charge in [-0.05, 0) is 40.7 Å². The number of thiophene rings is 1. The average Bonchev–Trinajstić information content (AvgIpc) is 2.88. The quantitative estimate of drug-likeness (QED) is 0.673. The van der Waals surface area contributed by atoms with Crippen LogP contribution in [0.4, 0.5) is 4.79 Å². The van der Waals surface area contributed by atoms with E-state index >= 15 is 0 Å². The van der Waals surface area contributed by atoms with Gasteiger partial charge in [0.25, 0.3) is 5.91 Å². The van der Waals surface area contributed by atoms with Crippen molar-refractivity contribution in [1.29, 1.82) is 0 Å². The van der Waals surface area contributed by atoms with Gasteiger partial charge < -0.3 is 5.32 Å². The minimum absolute atomic E-state index is 0.223. The lowest BCUT2D eigenvalue weighted by Crippen LogP contribution is -2.43. The first-order chi connectivity index (χ1) is 8.89. The smallest absolute Gasteiger partial charge is 0.323 e. The fourth-order valence-corrected chi connectivity index (χ4v) is 3.36. The first-order valence-corrected chi connectivity index (χ1v) is 7.46. The van der Waals surface area contributed by atoms with Crippen molar-refractivity contribution in [3.8, 4) is 0 Å². The van der Waals surface area contributed by atoms with Crippen LogP contribution in [0.2, 0.25) is 0 Å². The van der Waals surface area contributed by atoms with Crippen molar-refractivity contribution in [1.82, 2.24) is 10.2 Å². The van der Waals surface area contributed by atoms with E-state index in [0.717, 1.165) is 4.90 Å². The van der Waals surface area contributed by atoms with Crippen molar-refractivity contribution >= 4 is 45.0 Å². The zero-order valence-corrected chi connectivity index (χ0v) is 12.9. The molecular formula is C12H13BrN2O3S. The van der Waals surface area contributed by atoms with E-state index in [4.69, 9.17) is 0 Å². The SMILES string of the molecule is CCC1(C)NC(=O)N(CC(=O)c2sccc2Br)C1=O. The number of carbonyl (C=O) groups excluding carboxylic acids is 3. The Kier molecular flexibility index (Phi) is 3.78. The van der Waals surface area contributed by atoms with Crippen molar-refractivity contribution in [2.24, 2.45) is 0 Å². The van der Waals surface area contributed by atoms with Crippen LogP contribution in [-0.4, -0.2) is 34.7 Å². The first kappa shape index (κ1) is 14.2. The van der Waals surface area contributed by atoms with Gasteiger partial charge >= 0.3 is 6.03 Å². The van der Waals surface area contributed by atoms with Crippen molar-refractivity contribution < 1.29 is 14.4 Å². The van der Waals surface area contributed by atoms with E-state index in [9.17, 15) is 14.4 Å². The molecule has 0 aliphatic carbocycles. The van der Waals surface area contributed by atoms with E-state index in [1.54, 1.807) is 18.4 Å². The fraction of sp³-hybridized carbons (Fsp3) is 0.417. The second-order valence-corrected chi connectivity index (χ2v) is 6.30. The highest BCUT2D eigenvalue weighted by molar-refractivity contribution is 9.10. The molecule has 0 aromatic carbocycles. The Morgan fingerprint density at radius 2 is 2.21 bits per heavy atom. The van der Waals surface area contributed by atoms with Crippen LogP contribution in [0.1, 0.15) is 29.9 Å². The number of halogens is 1. The van der Waals surface area contributed by atoms with Gasteiger partial charge in [0.05, 0.1) is 11.4 Å². The van der Waals surface area contributed by atoms with Crippen molar-refractivity contribution in [2.75, 3.05) is 6.54 Å². The van der Waals surface area contributed by atoms with Gasteiger partial charge in [-0.1, -0.05) is 6.92 Å². The summed E-state index contributed by atoms with van der Waals surface area (Å²) in [6.45, 7) is 3.26.